The topological polar surface area (TPSA) is 49.5 Å². The summed E-state index contributed by atoms with van der Waals surface area (Å²) in [6.45, 7) is 2.64. The van der Waals surface area contributed by atoms with E-state index in [0.29, 0.717) is 6.54 Å². The number of anilines is 1. The van der Waals surface area contributed by atoms with Crippen LogP contribution in [0.2, 0.25) is 0 Å². The van der Waals surface area contributed by atoms with Gasteiger partial charge in [0.25, 0.3) is 0 Å². The van der Waals surface area contributed by atoms with E-state index in [-0.39, 0.29) is 12.1 Å². The highest BCUT2D eigenvalue weighted by molar-refractivity contribution is 5.56. The summed E-state index contributed by atoms with van der Waals surface area (Å²) < 4.78 is 0. The van der Waals surface area contributed by atoms with Crippen molar-refractivity contribution >= 4 is 5.69 Å². The molecule has 0 heterocycles. The number of aryl methyl sites for hydroxylation is 1. The van der Waals surface area contributed by atoms with Gasteiger partial charge in [0.2, 0.25) is 0 Å². The maximum Gasteiger partial charge on any atom is 0.0743 e. The number of hydrogen-bond donors (Lipinski definition) is 2. The summed E-state index contributed by atoms with van der Waals surface area (Å²) in [4.78, 5) is 2.22. The average molecular weight is 248 g/mol. The number of likely N-dealkylation sites (N-methyl/N-ethyl adjacent to an activating group) is 1. The highest BCUT2D eigenvalue weighted by atomic mass is 16.3. The van der Waals surface area contributed by atoms with Gasteiger partial charge in [-0.1, -0.05) is 25.0 Å². The minimum absolute atomic E-state index is 0.213. The van der Waals surface area contributed by atoms with Gasteiger partial charge in [0, 0.05) is 19.3 Å². The van der Waals surface area contributed by atoms with E-state index in [1.165, 1.54) is 17.7 Å². The maximum atomic E-state index is 10.2. The smallest absolute Gasteiger partial charge is 0.0743 e. The largest absolute Gasteiger partial charge is 0.391 e. The van der Waals surface area contributed by atoms with Crippen LogP contribution in [0.25, 0.3) is 0 Å². The predicted molar refractivity (Wildman–Crippen MR) is 75.7 cm³/mol. The van der Waals surface area contributed by atoms with Crippen LogP contribution in [0.15, 0.2) is 18.2 Å². The fourth-order valence-corrected chi connectivity index (χ4v) is 2.90. The second kappa shape index (κ2) is 5.72. The number of benzene rings is 1. The molecular formula is C15H24N2O. The Morgan fingerprint density at radius 1 is 1.33 bits per heavy atom. The zero-order chi connectivity index (χ0) is 13.1. The summed E-state index contributed by atoms with van der Waals surface area (Å²) in [5.74, 6) is 0. The van der Waals surface area contributed by atoms with Crippen LogP contribution in [0.5, 0.6) is 0 Å². The molecule has 1 aromatic carbocycles. The van der Waals surface area contributed by atoms with Crippen LogP contribution in [0, 0.1) is 6.92 Å². The molecule has 3 heteroatoms. The number of aliphatic hydroxyl groups is 1. The van der Waals surface area contributed by atoms with Crippen molar-refractivity contribution in [3.8, 4) is 0 Å². The molecule has 0 aliphatic heterocycles. The molecule has 0 amide bonds. The van der Waals surface area contributed by atoms with E-state index in [2.05, 4.69) is 37.1 Å². The summed E-state index contributed by atoms with van der Waals surface area (Å²) in [6.07, 6.45) is 4.11. The Bertz CT molecular complexity index is 405. The number of aliphatic hydroxyl groups excluding tert-OH is 1. The fraction of sp³-hybridized carbons (Fsp3) is 0.600. The van der Waals surface area contributed by atoms with Crippen molar-refractivity contribution in [3.63, 3.8) is 0 Å². The molecular weight excluding hydrogens is 224 g/mol. The van der Waals surface area contributed by atoms with E-state index in [0.717, 1.165) is 24.8 Å². The zero-order valence-corrected chi connectivity index (χ0v) is 11.4. The van der Waals surface area contributed by atoms with Gasteiger partial charge >= 0.3 is 0 Å². The first kappa shape index (κ1) is 13.4. The Morgan fingerprint density at radius 3 is 2.72 bits per heavy atom. The molecule has 1 aliphatic rings. The van der Waals surface area contributed by atoms with Gasteiger partial charge in [0.05, 0.1) is 12.1 Å². The molecule has 18 heavy (non-hydrogen) atoms. The standard InChI is InChI=1S/C15H24N2O/c1-11-7-8-12(10-16)14(9-11)17(2)13-5-3-4-6-15(13)18/h7-9,13,15,18H,3-6,10,16H2,1-2H3. The number of hydrogen-bond acceptors (Lipinski definition) is 3. The third kappa shape index (κ3) is 2.68. The lowest BCUT2D eigenvalue weighted by Gasteiger charge is -2.37. The molecule has 0 bridgehead atoms. The third-order valence-corrected chi connectivity index (χ3v) is 4.03. The highest BCUT2D eigenvalue weighted by Gasteiger charge is 2.27. The summed E-state index contributed by atoms with van der Waals surface area (Å²) in [5, 5.41) is 10.2. The van der Waals surface area contributed by atoms with Gasteiger partial charge < -0.3 is 15.7 Å². The minimum atomic E-state index is -0.213. The van der Waals surface area contributed by atoms with Gasteiger partial charge in [0.1, 0.15) is 0 Å². The lowest BCUT2D eigenvalue weighted by molar-refractivity contribution is 0.106. The maximum absolute atomic E-state index is 10.2. The van der Waals surface area contributed by atoms with Crippen molar-refractivity contribution in [2.24, 2.45) is 5.73 Å². The second-order valence-corrected chi connectivity index (χ2v) is 5.37. The SMILES string of the molecule is Cc1ccc(CN)c(N(C)C2CCCCC2O)c1. The summed E-state index contributed by atoms with van der Waals surface area (Å²) >= 11 is 0. The van der Waals surface area contributed by atoms with E-state index in [4.69, 9.17) is 5.73 Å². The minimum Gasteiger partial charge on any atom is -0.391 e. The molecule has 1 aliphatic carbocycles. The van der Waals surface area contributed by atoms with Gasteiger partial charge in [-0.15, -0.1) is 0 Å². The van der Waals surface area contributed by atoms with E-state index < -0.39 is 0 Å². The lowest BCUT2D eigenvalue weighted by atomic mass is 9.91. The number of rotatable bonds is 3. The third-order valence-electron chi connectivity index (χ3n) is 4.03. The summed E-state index contributed by atoms with van der Waals surface area (Å²) in [7, 11) is 2.08. The Kier molecular flexibility index (Phi) is 4.25. The van der Waals surface area contributed by atoms with Crippen LogP contribution >= 0.6 is 0 Å². The van der Waals surface area contributed by atoms with E-state index in [1.54, 1.807) is 0 Å². The first-order valence-electron chi connectivity index (χ1n) is 6.84. The van der Waals surface area contributed by atoms with Gasteiger partial charge in [0.15, 0.2) is 0 Å². The molecule has 3 N–H and O–H groups in total. The molecule has 0 radical (unpaired) electrons. The normalized spacial score (nSPS) is 24.0. The molecule has 100 valence electrons. The van der Waals surface area contributed by atoms with Gasteiger partial charge in [-0.05, 0) is 37.0 Å². The van der Waals surface area contributed by atoms with Crippen LogP contribution in [0.3, 0.4) is 0 Å². The van der Waals surface area contributed by atoms with Crippen LogP contribution in [-0.4, -0.2) is 24.3 Å². The molecule has 3 nitrogen and oxygen atoms in total. The summed E-state index contributed by atoms with van der Waals surface area (Å²) in [5.41, 5.74) is 9.37. The van der Waals surface area contributed by atoms with Crippen LogP contribution in [-0.2, 0) is 6.54 Å². The quantitative estimate of drug-likeness (QED) is 0.862. The van der Waals surface area contributed by atoms with Crippen molar-refractivity contribution < 1.29 is 5.11 Å². The van der Waals surface area contributed by atoms with Crippen LogP contribution < -0.4 is 10.6 Å². The molecule has 0 saturated heterocycles. The van der Waals surface area contributed by atoms with Crippen molar-refractivity contribution in [3.05, 3.63) is 29.3 Å². The molecule has 1 saturated carbocycles. The molecule has 0 spiro atoms. The van der Waals surface area contributed by atoms with Crippen molar-refractivity contribution in [1.82, 2.24) is 0 Å². The van der Waals surface area contributed by atoms with Crippen LogP contribution in [0.4, 0.5) is 5.69 Å². The summed E-state index contributed by atoms with van der Waals surface area (Å²) in [6, 6.07) is 6.59. The Hall–Kier alpha value is -1.06. The van der Waals surface area contributed by atoms with E-state index in [1.807, 2.05) is 0 Å². The van der Waals surface area contributed by atoms with Crippen LogP contribution in [0.1, 0.15) is 36.8 Å². The molecule has 0 aromatic heterocycles. The molecule has 2 atom stereocenters. The first-order valence-corrected chi connectivity index (χ1v) is 6.84. The molecule has 1 fully saturated rings. The first-order chi connectivity index (χ1) is 8.63. The molecule has 1 aromatic rings. The monoisotopic (exact) mass is 248 g/mol. The predicted octanol–water partition coefficient (Wildman–Crippen LogP) is 2.19. The van der Waals surface area contributed by atoms with Crippen molar-refractivity contribution in [2.75, 3.05) is 11.9 Å². The Morgan fingerprint density at radius 2 is 2.06 bits per heavy atom. The molecule has 2 unspecified atom stereocenters. The number of nitrogens with two attached hydrogens (primary N) is 1. The highest BCUT2D eigenvalue weighted by Crippen LogP contribution is 2.29. The number of nitrogens with zero attached hydrogens (tertiary/aromatic N) is 1. The van der Waals surface area contributed by atoms with Gasteiger partial charge in [-0.25, -0.2) is 0 Å². The average Bonchev–Trinajstić information content (AvgIpc) is 2.38. The van der Waals surface area contributed by atoms with Gasteiger partial charge in [-0.3, -0.25) is 0 Å². The van der Waals surface area contributed by atoms with E-state index in [9.17, 15) is 5.11 Å². The zero-order valence-electron chi connectivity index (χ0n) is 11.4. The molecule has 2 rings (SSSR count). The van der Waals surface area contributed by atoms with Crippen molar-refractivity contribution in [2.45, 2.75) is 51.3 Å². The van der Waals surface area contributed by atoms with E-state index >= 15 is 0 Å². The second-order valence-electron chi connectivity index (χ2n) is 5.37. The fourth-order valence-electron chi connectivity index (χ4n) is 2.90. The Balaban J connectivity index is 2.26. The Labute approximate surface area is 110 Å². The van der Waals surface area contributed by atoms with Gasteiger partial charge in [-0.2, -0.15) is 0 Å². The van der Waals surface area contributed by atoms with Crippen molar-refractivity contribution in [1.29, 1.82) is 0 Å². The lowest BCUT2D eigenvalue weighted by Crippen LogP contribution is -2.43.